The minimum atomic E-state index is -0.228. The fourth-order valence-corrected chi connectivity index (χ4v) is 3.92. The SMILES string of the molecule is C=NNC(=C/C(C)C)/C(C)=C\CNc1nc(-c2ccccc2OCC(NC(C)C)OC)nc2ccccc12. The Morgan fingerprint density at radius 3 is 2.50 bits per heavy atom. The number of hydrogen-bond acceptors (Lipinski definition) is 8. The fraction of sp³-hybridized carbons (Fsp3) is 0.367. The van der Waals surface area contributed by atoms with Crippen LogP contribution in [0.5, 0.6) is 5.75 Å². The van der Waals surface area contributed by atoms with E-state index in [1.807, 2.05) is 55.5 Å². The number of anilines is 1. The predicted molar refractivity (Wildman–Crippen MR) is 157 cm³/mol. The van der Waals surface area contributed by atoms with Gasteiger partial charge in [0.2, 0.25) is 0 Å². The summed E-state index contributed by atoms with van der Waals surface area (Å²) in [6, 6.07) is 16.1. The van der Waals surface area contributed by atoms with Gasteiger partial charge in [-0.25, -0.2) is 9.97 Å². The summed E-state index contributed by atoms with van der Waals surface area (Å²) in [6.45, 7) is 14.9. The molecule has 0 radical (unpaired) electrons. The van der Waals surface area contributed by atoms with Crippen LogP contribution in [0.25, 0.3) is 22.3 Å². The van der Waals surface area contributed by atoms with E-state index in [9.17, 15) is 0 Å². The molecule has 1 atom stereocenters. The number of benzene rings is 2. The highest BCUT2D eigenvalue weighted by molar-refractivity contribution is 5.91. The van der Waals surface area contributed by atoms with Crippen LogP contribution in [-0.4, -0.2) is 49.2 Å². The summed E-state index contributed by atoms with van der Waals surface area (Å²) < 4.78 is 11.7. The molecule has 2 aromatic carbocycles. The van der Waals surface area contributed by atoms with E-state index in [4.69, 9.17) is 19.4 Å². The molecule has 3 rings (SSSR count). The second kappa shape index (κ2) is 14.3. The van der Waals surface area contributed by atoms with Crippen LogP contribution >= 0.6 is 0 Å². The lowest BCUT2D eigenvalue weighted by molar-refractivity contribution is 0.0280. The van der Waals surface area contributed by atoms with Gasteiger partial charge in [0, 0.05) is 31.8 Å². The number of nitrogens with one attached hydrogen (secondary N) is 3. The lowest BCUT2D eigenvalue weighted by Crippen LogP contribution is -2.40. The Labute approximate surface area is 226 Å². The molecular formula is C30H40N6O2. The van der Waals surface area contributed by atoms with Crippen LogP contribution in [0, 0.1) is 5.92 Å². The molecule has 1 aromatic heterocycles. The van der Waals surface area contributed by atoms with Gasteiger partial charge < -0.3 is 14.8 Å². The Bertz CT molecular complexity index is 1270. The van der Waals surface area contributed by atoms with Gasteiger partial charge in [0.15, 0.2) is 5.82 Å². The van der Waals surface area contributed by atoms with Crippen molar-refractivity contribution >= 4 is 23.4 Å². The van der Waals surface area contributed by atoms with Crippen LogP contribution in [0.15, 0.2) is 77.1 Å². The molecule has 1 unspecified atom stereocenters. The minimum absolute atomic E-state index is 0.228. The molecule has 0 fully saturated rings. The van der Waals surface area contributed by atoms with Gasteiger partial charge in [-0.2, -0.15) is 5.10 Å². The van der Waals surface area contributed by atoms with Crippen LogP contribution < -0.4 is 20.8 Å². The maximum Gasteiger partial charge on any atom is 0.165 e. The largest absolute Gasteiger partial charge is 0.489 e. The Balaban J connectivity index is 1.90. The van der Waals surface area contributed by atoms with Crippen molar-refractivity contribution < 1.29 is 9.47 Å². The Hall–Kier alpha value is -3.75. The zero-order valence-electron chi connectivity index (χ0n) is 23.3. The van der Waals surface area contributed by atoms with Gasteiger partial charge in [0.1, 0.15) is 24.4 Å². The zero-order chi connectivity index (χ0) is 27.5. The van der Waals surface area contributed by atoms with Crippen molar-refractivity contribution in [3.05, 3.63) is 72.0 Å². The number of allylic oxidation sites excluding steroid dienone is 2. The summed E-state index contributed by atoms with van der Waals surface area (Å²) in [4.78, 5) is 9.78. The summed E-state index contributed by atoms with van der Waals surface area (Å²) in [7, 11) is 1.67. The summed E-state index contributed by atoms with van der Waals surface area (Å²) in [5, 5.41) is 11.6. The van der Waals surface area contributed by atoms with Crippen LogP contribution in [0.2, 0.25) is 0 Å². The van der Waals surface area contributed by atoms with Crippen molar-refractivity contribution in [3.8, 4) is 17.1 Å². The highest BCUT2D eigenvalue weighted by atomic mass is 16.5. The fourth-order valence-electron chi connectivity index (χ4n) is 3.92. The lowest BCUT2D eigenvalue weighted by Gasteiger charge is -2.21. The van der Waals surface area contributed by atoms with Gasteiger partial charge in [0.05, 0.1) is 16.8 Å². The minimum Gasteiger partial charge on any atom is -0.489 e. The lowest BCUT2D eigenvalue weighted by atomic mass is 10.1. The first-order chi connectivity index (χ1) is 18.3. The number of rotatable bonds is 14. The Morgan fingerprint density at radius 1 is 1.05 bits per heavy atom. The maximum atomic E-state index is 6.17. The van der Waals surface area contributed by atoms with Gasteiger partial charge in [-0.05, 0) is 56.5 Å². The molecule has 3 aromatic rings. The third-order valence-corrected chi connectivity index (χ3v) is 5.73. The molecule has 0 aliphatic heterocycles. The van der Waals surface area contributed by atoms with Gasteiger partial charge in [-0.15, -0.1) is 0 Å². The van der Waals surface area contributed by atoms with Crippen molar-refractivity contribution in [2.75, 3.05) is 25.6 Å². The predicted octanol–water partition coefficient (Wildman–Crippen LogP) is 5.75. The molecule has 0 amide bonds. The standard InChI is InChI=1S/C30H40N6O2/c1-20(2)18-26(36-31-6)22(5)16-17-32-29-23-12-8-10-14-25(23)34-30(35-29)24-13-9-11-15-27(24)38-19-28(37-7)33-21(3)4/h8-16,18,20-21,28,33,36H,6,17,19H2,1-5,7H3,(H,32,34,35)/b22-16-,26-18+. The molecule has 38 heavy (non-hydrogen) atoms. The summed E-state index contributed by atoms with van der Waals surface area (Å²) in [5.41, 5.74) is 6.67. The normalized spacial score (nSPS) is 13.2. The molecule has 0 aliphatic rings. The molecule has 0 aliphatic carbocycles. The number of nitrogens with zero attached hydrogens (tertiary/aromatic N) is 3. The molecule has 0 saturated heterocycles. The van der Waals surface area contributed by atoms with E-state index in [0.717, 1.165) is 33.6 Å². The highest BCUT2D eigenvalue weighted by Crippen LogP contribution is 2.31. The average Bonchev–Trinajstić information content (AvgIpc) is 2.90. The highest BCUT2D eigenvalue weighted by Gasteiger charge is 2.15. The first-order valence-corrected chi connectivity index (χ1v) is 12.9. The van der Waals surface area contributed by atoms with Crippen molar-refractivity contribution in [3.63, 3.8) is 0 Å². The molecule has 0 spiro atoms. The van der Waals surface area contributed by atoms with Crippen molar-refractivity contribution in [2.45, 2.75) is 46.9 Å². The molecule has 202 valence electrons. The summed E-state index contributed by atoms with van der Waals surface area (Å²) >= 11 is 0. The van der Waals surface area contributed by atoms with Gasteiger partial charge in [-0.1, -0.05) is 50.3 Å². The van der Waals surface area contributed by atoms with E-state index in [1.165, 1.54) is 0 Å². The number of methoxy groups -OCH3 is 1. The Kier molecular flexibility index (Phi) is 10.8. The van der Waals surface area contributed by atoms with E-state index in [-0.39, 0.29) is 12.3 Å². The van der Waals surface area contributed by atoms with E-state index in [0.29, 0.717) is 30.6 Å². The Morgan fingerprint density at radius 2 is 1.79 bits per heavy atom. The topological polar surface area (TPSA) is 92.7 Å². The second-order valence-corrected chi connectivity index (χ2v) is 9.63. The molecule has 8 heteroatoms. The van der Waals surface area contributed by atoms with Crippen LogP contribution in [0.3, 0.4) is 0 Å². The third kappa shape index (κ3) is 8.13. The average molecular weight is 517 g/mol. The van der Waals surface area contributed by atoms with E-state index < -0.39 is 0 Å². The summed E-state index contributed by atoms with van der Waals surface area (Å²) in [5.74, 6) is 2.42. The zero-order valence-corrected chi connectivity index (χ0v) is 23.3. The first kappa shape index (κ1) is 28.8. The number of aromatic nitrogens is 2. The monoisotopic (exact) mass is 516 g/mol. The van der Waals surface area contributed by atoms with Crippen molar-refractivity contribution in [1.82, 2.24) is 20.7 Å². The number of hydrazone groups is 1. The molecular weight excluding hydrogens is 476 g/mol. The number of hydrogen-bond donors (Lipinski definition) is 3. The molecule has 3 N–H and O–H groups in total. The van der Waals surface area contributed by atoms with E-state index >= 15 is 0 Å². The maximum absolute atomic E-state index is 6.17. The van der Waals surface area contributed by atoms with Crippen LogP contribution in [0.1, 0.15) is 34.6 Å². The second-order valence-electron chi connectivity index (χ2n) is 9.63. The third-order valence-electron chi connectivity index (χ3n) is 5.73. The number of para-hydroxylation sites is 2. The molecule has 8 nitrogen and oxygen atoms in total. The van der Waals surface area contributed by atoms with E-state index in [2.05, 4.69) is 67.7 Å². The van der Waals surface area contributed by atoms with Gasteiger partial charge >= 0.3 is 0 Å². The summed E-state index contributed by atoms with van der Waals surface area (Å²) in [6.07, 6.45) is 4.00. The first-order valence-electron chi connectivity index (χ1n) is 12.9. The number of fused-ring (bicyclic) bond motifs is 1. The van der Waals surface area contributed by atoms with Crippen molar-refractivity contribution in [1.29, 1.82) is 0 Å². The molecule has 1 heterocycles. The molecule has 0 saturated carbocycles. The quantitative estimate of drug-likeness (QED) is 0.109. The van der Waals surface area contributed by atoms with Gasteiger partial charge in [0.25, 0.3) is 0 Å². The van der Waals surface area contributed by atoms with Crippen LogP contribution in [-0.2, 0) is 4.74 Å². The smallest absolute Gasteiger partial charge is 0.165 e. The molecule has 0 bridgehead atoms. The van der Waals surface area contributed by atoms with Crippen LogP contribution in [0.4, 0.5) is 5.82 Å². The van der Waals surface area contributed by atoms with Gasteiger partial charge in [-0.3, -0.25) is 10.7 Å². The number of ether oxygens (including phenoxy) is 2. The van der Waals surface area contributed by atoms with Crippen molar-refractivity contribution in [2.24, 2.45) is 11.0 Å². The van der Waals surface area contributed by atoms with E-state index in [1.54, 1.807) is 7.11 Å².